The predicted octanol–water partition coefficient (Wildman–Crippen LogP) is 4.82. The molecule has 5 heteroatoms. The Bertz CT molecular complexity index is 1500. The summed E-state index contributed by atoms with van der Waals surface area (Å²) in [7, 11) is 1.73. The molecule has 5 nitrogen and oxygen atoms in total. The molecule has 4 atom stereocenters. The summed E-state index contributed by atoms with van der Waals surface area (Å²) in [4.78, 5) is 8.08. The van der Waals surface area contributed by atoms with E-state index in [4.69, 9.17) is 14.5 Å². The lowest BCUT2D eigenvalue weighted by Gasteiger charge is -2.63. The van der Waals surface area contributed by atoms with Gasteiger partial charge in [0.15, 0.2) is 17.6 Å². The third-order valence-electron chi connectivity index (χ3n) is 10.9. The van der Waals surface area contributed by atoms with E-state index in [1.54, 1.807) is 7.11 Å². The van der Waals surface area contributed by atoms with Crippen LogP contribution in [0, 0.1) is 5.92 Å². The van der Waals surface area contributed by atoms with Crippen molar-refractivity contribution in [1.82, 2.24) is 9.88 Å². The van der Waals surface area contributed by atoms with Gasteiger partial charge in [-0.2, -0.15) is 0 Å². The first kappa shape index (κ1) is 21.3. The molecule has 37 heavy (non-hydrogen) atoms. The second kappa shape index (κ2) is 7.06. The molecule has 6 aliphatic rings. The zero-order valence-corrected chi connectivity index (χ0v) is 21.6. The van der Waals surface area contributed by atoms with Gasteiger partial charge in [-0.15, -0.1) is 0 Å². The molecule has 190 valence electrons. The lowest BCUT2D eigenvalue weighted by Crippen LogP contribution is -2.74. The minimum atomic E-state index is -0.883. The Kier molecular flexibility index (Phi) is 4.07. The summed E-state index contributed by atoms with van der Waals surface area (Å²) in [6, 6.07) is 11.3. The van der Waals surface area contributed by atoms with Crippen LogP contribution in [0.4, 0.5) is 0 Å². The molecule has 2 bridgehead atoms. The smallest absolute Gasteiger partial charge is 0.166 e. The van der Waals surface area contributed by atoms with Gasteiger partial charge < -0.3 is 14.6 Å². The summed E-state index contributed by atoms with van der Waals surface area (Å²) in [6.45, 7) is 2.12. The monoisotopic (exact) mass is 494 g/mol. The number of likely N-dealkylation sites (tertiary alicyclic amines) is 1. The maximum absolute atomic E-state index is 13.0. The molecule has 2 aliphatic heterocycles. The van der Waals surface area contributed by atoms with Crippen LogP contribution in [0.25, 0.3) is 10.9 Å². The van der Waals surface area contributed by atoms with E-state index in [0.29, 0.717) is 6.42 Å². The SMILES string of the molecule is COc1ccc2c3c1OC1c4nc5c6c(ccc5cc4CC4(O)[C@@H](C2)N(CC2CC2)CC[C@]314)CCCC6. The number of fused-ring (bicyclic) bond motifs is 5. The number of hydrogen-bond donors (Lipinski definition) is 1. The number of ether oxygens (including phenoxy) is 2. The van der Waals surface area contributed by atoms with E-state index in [9.17, 15) is 5.11 Å². The third-order valence-corrected chi connectivity index (χ3v) is 10.9. The van der Waals surface area contributed by atoms with Crippen molar-refractivity contribution < 1.29 is 14.6 Å². The van der Waals surface area contributed by atoms with Crippen LogP contribution in [-0.2, 0) is 31.1 Å². The van der Waals surface area contributed by atoms with Gasteiger partial charge in [0.25, 0.3) is 0 Å². The van der Waals surface area contributed by atoms with Crippen molar-refractivity contribution in [2.45, 2.75) is 80.9 Å². The highest BCUT2D eigenvalue weighted by Gasteiger charge is 2.72. The molecule has 3 heterocycles. The van der Waals surface area contributed by atoms with E-state index >= 15 is 0 Å². The van der Waals surface area contributed by atoms with Crippen LogP contribution >= 0.6 is 0 Å². The summed E-state index contributed by atoms with van der Waals surface area (Å²) >= 11 is 0. The Morgan fingerprint density at radius 2 is 1.97 bits per heavy atom. The standard InChI is InChI=1S/C32H34N2O3/c1-36-24-11-10-20-15-25-32(35)16-22-14-21-9-8-19-4-2-3-5-23(19)27(21)33-28(22)30-31(32,26(20)29(24)37-30)12-13-34(25)17-18-6-7-18/h8-11,14,18,25,30,35H,2-7,12-13,15-17H2,1H3/t25-,30?,31+,32?/m1/s1. The Balaban J connectivity index is 1.30. The molecule has 2 fully saturated rings. The van der Waals surface area contributed by atoms with Gasteiger partial charge in [0.1, 0.15) is 0 Å². The minimum absolute atomic E-state index is 0.104. The van der Waals surface area contributed by atoms with Crippen LogP contribution in [-0.4, -0.2) is 46.8 Å². The molecule has 2 unspecified atom stereocenters. The maximum atomic E-state index is 13.0. The maximum Gasteiger partial charge on any atom is 0.166 e. The lowest BCUT2D eigenvalue weighted by molar-refractivity contribution is -0.173. The molecule has 1 spiro atoms. The summed E-state index contributed by atoms with van der Waals surface area (Å²) in [5, 5.41) is 14.2. The number of benzene rings is 2. The van der Waals surface area contributed by atoms with Crippen molar-refractivity contribution in [1.29, 1.82) is 0 Å². The quantitative estimate of drug-likeness (QED) is 0.566. The zero-order chi connectivity index (χ0) is 24.5. The number of piperidine rings is 1. The fraction of sp³-hybridized carbons (Fsp3) is 0.531. The van der Waals surface area contributed by atoms with Gasteiger partial charge in [0.2, 0.25) is 0 Å². The van der Waals surface area contributed by atoms with E-state index in [0.717, 1.165) is 67.4 Å². The fourth-order valence-electron chi connectivity index (χ4n) is 8.99. The number of aliphatic hydroxyl groups is 1. The molecular weight excluding hydrogens is 460 g/mol. The Labute approximate surface area is 217 Å². The lowest BCUT2D eigenvalue weighted by atomic mass is 9.49. The highest BCUT2D eigenvalue weighted by atomic mass is 16.5. The Hall–Kier alpha value is -2.63. The first-order valence-corrected chi connectivity index (χ1v) is 14.4. The van der Waals surface area contributed by atoms with Crippen molar-refractivity contribution in [3.05, 3.63) is 63.8 Å². The number of pyridine rings is 1. The molecule has 1 saturated heterocycles. The summed E-state index contributed by atoms with van der Waals surface area (Å²) in [5.74, 6) is 2.43. The first-order chi connectivity index (χ1) is 18.1. The molecule has 4 aliphatic carbocycles. The second-order valence-electron chi connectivity index (χ2n) is 12.6. The molecule has 0 amide bonds. The zero-order valence-electron chi connectivity index (χ0n) is 21.6. The van der Waals surface area contributed by atoms with Gasteiger partial charge in [-0.1, -0.05) is 18.2 Å². The van der Waals surface area contributed by atoms with Gasteiger partial charge in [0.05, 0.1) is 29.3 Å². The molecule has 9 rings (SSSR count). The van der Waals surface area contributed by atoms with Crippen molar-refractivity contribution in [2.75, 3.05) is 20.2 Å². The number of hydrogen-bond acceptors (Lipinski definition) is 5. The average molecular weight is 495 g/mol. The minimum Gasteiger partial charge on any atom is -0.493 e. The molecular formula is C32H34N2O3. The topological polar surface area (TPSA) is 54.8 Å². The normalized spacial score (nSPS) is 32.9. The fourth-order valence-corrected chi connectivity index (χ4v) is 8.99. The number of aromatic nitrogens is 1. The van der Waals surface area contributed by atoms with Crippen molar-refractivity contribution in [3.63, 3.8) is 0 Å². The van der Waals surface area contributed by atoms with Crippen LogP contribution in [0.2, 0.25) is 0 Å². The summed E-state index contributed by atoms with van der Waals surface area (Å²) < 4.78 is 12.8. The van der Waals surface area contributed by atoms with E-state index in [1.807, 2.05) is 0 Å². The summed E-state index contributed by atoms with van der Waals surface area (Å²) in [6.07, 6.45) is 9.56. The van der Waals surface area contributed by atoms with Gasteiger partial charge in [-0.05, 0) is 98.2 Å². The van der Waals surface area contributed by atoms with E-state index in [-0.39, 0.29) is 12.1 Å². The number of nitrogens with zero attached hydrogens (tertiary/aromatic N) is 2. The van der Waals surface area contributed by atoms with Crippen LogP contribution in [0.3, 0.4) is 0 Å². The van der Waals surface area contributed by atoms with E-state index in [2.05, 4.69) is 35.2 Å². The largest absolute Gasteiger partial charge is 0.493 e. The molecule has 1 saturated carbocycles. The number of rotatable bonds is 3. The summed E-state index contributed by atoms with van der Waals surface area (Å²) in [5.41, 5.74) is 7.45. The number of aryl methyl sites for hydroxylation is 2. The average Bonchev–Trinajstić information content (AvgIpc) is 3.66. The molecule has 1 N–H and O–H groups in total. The predicted molar refractivity (Wildman–Crippen MR) is 141 cm³/mol. The van der Waals surface area contributed by atoms with Gasteiger partial charge in [-0.25, -0.2) is 4.98 Å². The first-order valence-electron chi connectivity index (χ1n) is 14.4. The Morgan fingerprint density at radius 1 is 1.11 bits per heavy atom. The highest BCUT2D eigenvalue weighted by Crippen LogP contribution is 2.68. The number of methoxy groups -OCH3 is 1. The second-order valence-corrected chi connectivity index (χ2v) is 12.6. The molecule has 1 aromatic heterocycles. The van der Waals surface area contributed by atoms with E-state index in [1.165, 1.54) is 58.9 Å². The van der Waals surface area contributed by atoms with Crippen LogP contribution in [0.1, 0.15) is 71.7 Å². The van der Waals surface area contributed by atoms with Crippen LogP contribution < -0.4 is 9.47 Å². The van der Waals surface area contributed by atoms with Crippen LogP contribution in [0.5, 0.6) is 11.5 Å². The molecule has 2 aromatic carbocycles. The van der Waals surface area contributed by atoms with Crippen LogP contribution in [0.15, 0.2) is 30.3 Å². The van der Waals surface area contributed by atoms with Gasteiger partial charge >= 0.3 is 0 Å². The molecule has 0 radical (unpaired) electrons. The third kappa shape index (κ3) is 2.55. The van der Waals surface area contributed by atoms with Crippen molar-refractivity contribution in [3.8, 4) is 11.5 Å². The van der Waals surface area contributed by atoms with Gasteiger partial charge in [0, 0.05) is 30.0 Å². The molecule has 3 aromatic rings. The van der Waals surface area contributed by atoms with E-state index < -0.39 is 11.0 Å². The highest BCUT2D eigenvalue weighted by molar-refractivity contribution is 5.85. The Morgan fingerprint density at radius 3 is 2.84 bits per heavy atom. The van der Waals surface area contributed by atoms with Crippen molar-refractivity contribution >= 4 is 10.9 Å². The van der Waals surface area contributed by atoms with Gasteiger partial charge in [-0.3, -0.25) is 4.90 Å². The van der Waals surface area contributed by atoms with Crippen molar-refractivity contribution in [2.24, 2.45) is 5.92 Å².